The third kappa shape index (κ3) is 4.95. The van der Waals surface area contributed by atoms with Crippen molar-refractivity contribution in [2.75, 3.05) is 17.3 Å². The van der Waals surface area contributed by atoms with E-state index in [4.69, 9.17) is 0 Å². The van der Waals surface area contributed by atoms with E-state index >= 15 is 0 Å². The number of amides is 1. The highest BCUT2D eigenvalue weighted by Crippen LogP contribution is 2.23. The van der Waals surface area contributed by atoms with E-state index in [-0.39, 0.29) is 35.2 Å². The summed E-state index contributed by atoms with van der Waals surface area (Å²) >= 11 is 1.30. The Morgan fingerprint density at radius 3 is 2.79 bits per heavy atom. The quantitative estimate of drug-likeness (QED) is 0.695. The van der Waals surface area contributed by atoms with Gasteiger partial charge < -0.3 is 4.90 Å². The molecule has 1 aromatic heterocycles. The molecular formula is C15H26N4O3S2. The molecule has 2 heterocycles. The predicted octanol–water partition coefficient (Wildman–Crippen LogP) is 1.66. The molecule has 1 fully saturated rings. The highest BCUT2D eigenvalue weighted by Gasteiger charge is 2.36. The van der Waals surface area contributed by atoms with Crippen LogP contribution < -0.4 is 0 Å². The molecule has 0 bridgehead atoms. The Balaban J connectivity index is 1.99. The van der Waals surface area contributed by atoms with Crippen molar-refractivity contribution in [3.05, 3.63) is 5.82 Å². The Hall–Kier alpha value is -1.09. The van der Waals surface area contributed by atoms with Gasteiger partial charge in [0.15, 0.2) is 9.84 Å². The summed E-state index contributed by atoms with van der Waals surface area (Å²) in [4.78, 5) is 18.8. The zero-order valence-corrected chi connectivity index (χ0v) is 16.1. The van der Waals surface area contributed by atoms with Gasteiger partial charge in [-0.2, -0.15) is 0 Å². The van der Waals surface area contributed by atoms with Gasteiger partial charge in [0.05, 0.1) is 17.3 Å². The molecule has 2 rings (SSSR count). The van der Waals surface area contributed by atoms with E-state index < -0.39 is 9.84 Å². The van der Waals surface area contributed by atoms with Crippen LogP contribution in [0.2, 0.25) is 0 Å². The second-order valence-electron chi connectivity index (χ2n) is 6.22. The summed E-state index contributed by atoms with van der Waals surface area (Å²) in [7, 11) is -3.02. The second kappa shape index (κ2) is 8.33. The van der Waals surface area contributed by atoms with Gasteiger partial charge in [-0.05, 0) is 26.2 Å². The average molecular weight is 375 g/mol. The average Bonchev–Trinajstić information content (AvgIpc) is 3.12. The van der Waals surface area contributed by atoms with Gasteiger partial charge in [0.25, 0.3) is 0 Å². The fraction of sp³-hybridized carbons (Fsp3) is 0.800. The van der Waals surface area contributed by atoms with Crippen molar-refractivity contribution >= 4 is 27.5 Å². The summed E-state index contributed by atoms with van der Waals surface area (Å²) in [6.45, 7) is 6.05. The molecule has 0 saturated carbocycles. The van der Waals surface area contributed by atoms with Crippen LogP contribution in [0.15, 0.2) is 5.16 Å². The van der Waals surface area contributed by atoms with Crippen LogP contribution in [0.3, 0.4) is 0 Å². The van der Waals surface area contributed by atoms with Crippen molar-refractivity contribution in [3.63, 3.8) is 0 Å². The molecular weight excluding hydrogens is 348 g/mol. The first-order valence-corrected chi connectivity index (χ1v) is 11.2. The van der Waals surface area contributed by atoms with E-state index in [1.807, 2.05) is 13.8 Å². The number of rotatable bonds is 8. The lowest BCUT2D eigenvalue weighted by molar-refractivity contribution is -0.132. The zero-order chi connectivity index (χ0) is 17.7. The minimum Gasteiger partial charge on any atom is -0.335 e. The second-order valence-corrected chi connectivity index (χ2v) is 9.39. The highest BCUT2D eigenvalue weighted by molar-refractivity contribution is 7.99. The summed E-state index contributed by atoms with van der Waals surface area (Å²) in [5.74, 6) is 1.26. The fourth-order valence-corrected chi connectivity index (χ4v) is 5.29. The number of nitrogens with zero attached hydrogens (tertiary/aromatic N) is 3. The van der Waals surface area contributed by atoms with Crippen LogP contribution in [0.25, 0.3) is 0 Å². The van der Waals surface area contributed by atoms with Crippen LogP contribution >= 0.6 is 11.8 Å². The Morgan fingerprint density at radius 2 is 2.21 bits per heavy atom. The summed E-state index contributed by atoms with van der Waals surface area (Å²) in [6, 6.07) is -0.181. The van der Waals surface area contributed by atoms with Crippen molar-refractivity contribution in [1.82, 2.24) is 20.1 Å². The maximum atomic E-state index is 12.7. The molecule has 0 spiro atoms. The third-order valence-corrected chi connectivity index (χ3v) is 6.86. The highest BCUT2D eigenvalue weighted by atomic mass is 32.2. The number of carbonyl (C=O) groups excluding carboxylic acids is 1. The monoisotopic (exact) mass is 374 g/mol. The number of hydrogen-bond acceptors (Lipinski definition) is 6. The molecule has 2 unspecified atom stereocenters. The first-order valence-electron chi connectivity index (χ1n) is 8.42. The first kappa shape index (κ1) is 19.2. The van der Waals surface area contributed by atoms with Gasteiger partial charge in [0.1, 0.15) is 5.82 Å². The van der Waals surface area contributed by atoms with E-state index in [0.717, 1.165) is 25.1 Å². The molecule has 7 nitrogen and oxygen atoms in total. The van der Waals surface area contributed by atoms with Crippen LogP contribution in [-0.4, -0.2) is 63.7 Å². The Kier molecular flexibility index (Phi) is 6.68. The normalized spacial score (nSPS) is 20.9. The lowest BCUT2D eigenvalue weighted by Gasteiger charge is -2.33. The van der Waals surface area contributed by atoms with Crippen molar-refractivity contribution in [2.24, 2.45) is 0 Å². The summed E-state index contributed by atoms with van der Waals surface area (Å²) in [5, 5.41) is 7.55. The minimum atomic E-state index is -3.02. The van der Waals surface area contributed by atoms with Crippen LogP contribution in [0.4, 0.5) is 0 Å². The maximum Gasteiger partial charge on any atom is 0.233 e. The lowest BCUT2D eigenvalue weighted by Crippen LogP contribution is -2.47. The van der Waals surface area contributed by atoms with Gasteiger partial charge in [0, 0.05) is 18.5 Å². The zero-order valence-electron chi connectivity index (χ0n) is 14.5. The van der Waals surface area contributed by atoms with E-state index in [1.54, 1.807) is 4.90 Å². The van der Waals surface area contributed by atoms with Gasteiger partial charge in [-0.1, -0.05) is 25.6 Å². The van der Waals surface area contributed by atoms with Gasteiger partial charge in [-0.15, -0.1) is 5.10 Å². The van der Waals surface area contributed by atoms with Gasteiger partial charge in [0.2, 0.25) is 11.1 Å². The number of aromatic nitrogens is 3. The molecule has 1 amide bonds. The van der Waals surface area contributed by atoms with Gasteiger partial charge in [-0.25, -0.2) is 13.4 Å². The molecule has 1 aliphatic heterocycles. The number of aromatic amines is 1. The largest absolute Gasteiger partial charge is 0.335 e. The smallest absolute Gasteiger partial charge is 0.233 e. The van der Waals surface area contributed by atoms with Crippen molar-refractivity contribution in [1.29, 1.82) is 0 Å². The fourth-order valence-electron chi connectivity index (χ4n) is 2.89. The molecule has 1 N–H and O–H groups in total. The SMILES string of the molecule is CCCc1nc(SCC(=O)N(C(C)CC)C2CCS(=O)(=O)C2)n[nH]1. The number of hydrogen-bond donors (Lipinski definition) is 1. The molecule has 0 aromatic carbocycles. The Morgan fingerprint density at radius 1 is 1.46 bits per heavy atom. The van der Waals surface area contributed by atoms with Crippen molar-refractivity contribution in [2.45, 2.75) is 63.7 Å². The van der Waals surface area contributed by atoms with Gasteiger partial charge >= 0.3 is 0 Å². The summed E-state index contributed by atoms with van der Waals surface area (Å²) in [5.41, 5.74) is 0. The molecule has 1 aliphatic rings. The van der Waals surface area contributed by atoms with Crippen LogP contribution in [0.1, 0.15) is 45.9 Å². The van der Waals surface area contributed by atoms with Gasteiger partial charge in [-0.3, -0.25) is 9.89 Å². The van der Waals surface area contributed by atoms with E-state index in [2.05, 4.69) is 22.1 Å². The minimum absolute atomic E-state index is 0.0270. The standard InChI is InChI=1S/C15H26N4O3S2/c1-4-6-13-16-15(18-17-13)23-9-14(20)19(11(3)5-2)12-7-8-24(21,22)10-12/h11-12H,4-10H2,1-3H3,(H,16,17,18). The molecule has 1 saturated heterocycles. The number of H-pyrrole nitrogens is 1. The number of thioether (sulfide) groups is 1. The number of aryl methyl sites for hydroxylation is 1. The third-order valence-electron chi connectivity index (χ3n) is 4.28. The van der Waals surface area contributed by atoms with Crippen molar-refractivity contribution in [3.8, 4) is 0 Å². The van der Waals surface area contributed by atoms with Crippen molar-refractivity contribution < 1.29 is 13.2 Å². The van der Waals surface area contributed by atoms with E-state index in [1.165, 1.54) is 11.8 Å². The van der Waals surface area contributed by atoms with Crippen LogP contribution in [-0.2, 0) is 21.1 Å². The lowest BCUT2D eigenvalue weighted by atomic mass is 10.1. The number of carbonyl (C=O) groups is 1. The molecule has 24 heavy (non-hydrogen) atoms. The first-order chi connectivity index (χ1) is 11.4. The molecule has 136 valence electrons. The number of nitrogens with one attached hydrogen (secondary N) is 1. The molecule has 9 heteroatoms. The van der Waals surface area contributed by atoms with Crippen LogP contribution in [0.5, 0.6) is 0 Å². The predicted molar refractivity (Wildman–Crippen MR) is 94.8 cm³/mol. The summed E-state index contributed by atoms with van der Waals surface area (Å²) < 4.78 is 23.5. The van der Waals surface area contributed by atoms with E-state index in [0.29, 0.717) is 11.6 Å². The molecule has 1 aromatic rings. The molecule has 0 aliphatic carbocycles. The molecule has 0 radical (unpaired) electrons. The topological polar surface area (TPSA) is 96.0 Å². The summed E-state index contributed by atoms with van der Waals surface area (Å²) in [6.07, 6.45) is 3.15. The number of sulfone groups is 1. The van der Waals surface area contributed by atoms with Crippen LogP contribution in [0, 0.1) is 0 Å². The molecule has 2 atom stereocenters. The Labute approximate surface area is 147 Å². The van der Waals surface area contributed by atoms with E-state index in [9.17, 15) is 13.2 Å². The Bertz CT molecular complexity index is 659. The maximum absolute atomic E-state index is 12.7.